The Morgan fingerprint density at radius 1 is 1.08 bits per heavy atom. The van der Waals surface area contributed by atoms with Crippen LogP contribution in [0, 0.1) is 6.92 Å². The maximum Gasteiger partial charge on any atom is 0.213 e. The quantitative estimate of drug-likeness (QED) is 0.716. The number of hydrogen-bond donors (Lipinski definition) is 0. The van der Waals surface area contributed by atoms with Crippen LogP contribution in [0.25, 0.3) is 11.4 Å². The van der Waals surface area contributed by atoms with Crippen molar-refractivity contribution in [2.75, 3.05) is 7.11 Å². The molecule has 6 heteroatoms. The minimum Gasteiger partial charge on any atom is -0.496 e. The van der Waals surface area contributed by atoms with E-state index in [-0.39, 0.29) is 5.25 Å². The topological polar surface area (TPSA) is 52.3 Å². The molecule has 0 N–H and O–H groups in total. The Morgan fingerprint density at radius 3 is 2.72 bits per heavy atom. The van der Waals surface area contributed by atoms with Crippen LogP contribution >= 0.6 is 11.8 Å². The summed E-state index contributed by atoms with van der Waals surface area (Å²) >= 11 is 1.66. The summed E-state index contributed by atoms with van der Waals surface area (Å²) in [6.07, 6.45) is 0. The van der Waals surface area contributed by atoms with Crippen LogP contribution in [-0.4, -0.2) is 32.9 Å². The Balaban J connectivity index is 1.86. The number of benzene rings is 2. The van der Waals surface area contributed by atoms with E-state index < -0.39 is 0 Å². The Morgan fingerprint density at radius 2 is 1.92 bits per heavy atom. The van der Waals surface area contributed by atoms with Gasteiger partial charge in [0, 0.05) is 11.1 Å². The zero-order chi connectivity index (χ0) is 17.4. The Labute approximate surface area is 150 Å². The monoisotopic (exact) mass is 350 g/mol. The zero-order valence-corrected chi connectivity index (χ0v) is 15.1. The molecule has 4 rings (SSSR count). The van der Waals surface area contributed by atoms with Gasteiger partial charge in [-0.3, -0.25) is 0 Å². The van der Waals surface area contributed by atoms with E-state index in [1.54, 1.807) is 18.9 Å². The second-order valence-corrected chi connectivity index (χ2v) is 7.24. The fraction of sp³-hybridized carbons (Fsp3) is 0.211. The molecule has 0 radical (unpaired) electrons. The first-order valence-electron chi connectivity index (χ1n) is 8.08. The van der Waals surface area contributed by atoms with Crippen LogP contribution in [-0.2, 0) is 0 Å². The molecule has 2 heterocycles. The first kappa shape index (κ1) is 15.9. The number of ether oxygens (including phenoxy) is 1. The molecule has 0 fully saturated rings. The standard InChI is InChI=1S/C19H18N4OS/c1-12-7-6-8-14(11-12)18-20-21-19-23(18)22-17(13(2)25-19)15-9-4-5-10-16(15)24-3/h4-11,13H,1-3H3/t13-/m1/s1. The van der Waals surface area contributed by atoms with Crippen LogP contribution in [0.15, 0.2) is 58.8 Å². The van der Waals surface area contributed by atoms with Gasteiger partial charge >= 0.3 is 0 Å². The summed E-state index contributed by atoms with van der Waals surface area (Å²) in [6.45, 7) is 4.19. The fourth-order valence-corrected chi connectivity index (χ4v) is 3.84. The minimum absolute atomic E-state index is 0.165. The van der Waals surface area contributed by atoms with Crippen molar-refractivity contribution < 1.29 is 4.74 Å². The van der Waals surface area contributed by atoms with Gasteiger partial charge in [-0.15, -0.1) is 10.2 Å². The van der Waals surface area contributed by atoms with E-state index in [0.29, 0.717) is 0 Å². The van der Waals surface area contributed by atoms with Crippen LogP contribution in [0.5, 0.6) is 5.75 Å². The summed E-state index contributed by atoms with van der Waals surface area (Å²) < 4.78 is 7.35. The van der Waals surface area contributed by atoms with Gasteiger partial charge in [0.25, 0.3) is 0 Å². The van der Waals surface area contributed by atoms with Gasteiger partial charge < -0.3 is 4.74 Å². The third-order valence-electron chi connectivity index (χ3n) is 4.15. The molecule has 0 bridgehead atoms. The molecule has 1 aromatic heterocycles. The molecule has 2 aromatic carbocycles. The van der Waals surface area contributed by atoms with Gasteiger partial charge in [-0.2, -0.15) is 9.78 Å². The maximum atomic E-state index is 5.52. The lowest BCUT2D eigenvalue weighted by molar-refractivity contribution is 0.414. The molecule has 1 aliphatic heterocycles. The molecule has 0 aliphatic carbocycles. The van der Waals surface area contributed by atoms with Crippen LogP contribution in [0.2, 0.25) is 0 Å². The van der Waals surface area contributed by atoms with Crippen molar-refractivity contribution in [2.24, 2.45) is 5.10 Å². The number of fused-ring (bicyclic) bond motifs is 1. The van der Waals surface area contributed by atoms with Gasteiger partial charge in [-0.05, 0) is 32.0 Å². The Bertz CT molecular complexity index is 964. The van der Waals surface area contributed by atoms with E-state index in [4.69, 9.17) is 9.84 Å². The average molecular weight is 350 g/mol. The number of nitrogens with zero attached hydrogens (tertiary/aromatic N) is 4. The van der Waals surface area contributed by atoms with Crippen LogP contribution < -0.4 is 4.74 Å². The molecule has 3 aromatic rings. The molecular weight excluding hydrogens is 332 g/mol. The van der Waals surface area contributed by atoms with Gasteiger partial charge in [0.05, 0.1) is 18.1 Å². The number of thioether (sulfide) groups is 1. The van der Waals surface area contributed by atoms with E-state index in [2.05, 4.69) is 36.2 Å². The van der Waals surface area contributed by atoms with Crippen molar-refractivity contribution in [1.82, 2.24) is 14.9 Å². The molecule has 5 nitrogen and oxygen atoms in total. The smallest absolute Gasteiger partial charge is 0.213 e. The van der Waals surface area contributed by atoms with Crippen molar-refractivity contribution in [2.45, 2.75) is 24.3 Å². The summed E-state index contributed by atoms with van der Waals surface area (Å²) in [4.78, 5) is 0. The summed E-state index contributed by atoms with van der Waals surface area (Å²) in [7, 11) is 1.68. The summed E-state index contributed by atoms with van der Waals surface area (Å²) in [6, 6.07) is 16.2. The van der Waals surface area contributed by atoms with Crippen molar-refractivity contribution in [1.29, 1.82) is 0 Å². The number of para-hydroxylation sites is 1. The van der Waals surface area contributed by atoms with Crippen LogP contribution in [0.1, 0.15) is 18.1 Å². The molecule has 25 heavy (non-hydrogen) atoms. The molecule has 0 amide bonds. The molecule has 0 saturated heterocycles. The second kappa shape index (κ2) is 6.37. The van der Waals surface area contributed by atoms with E-state index in [1.807, 2.05) is 41.1 Å². The molecule has 0 spiro atoms. The van der Waals surface area contributed by atoms with Crippen molar-refractivity contribution in [3.05, 3.63) is 59.7 Å². The summed E-state index contributed by atoms with van der Waals surface area (Å²) in [5.41, 5.74) is 4.15. The molecule has 1 aliphatic rings. The number of aryl methyl sites for hydroxylation is 1. The van der Waals surface area contributed by atoms with Gasteiger partial charge in [-0.1, -0.05) is 47.7 Å². The molecular formula is C19H18N4OS. The molecule has 126 valence electrons. The minimum atomic E-state index is 0.165. The second-order valence-electron chi connectivity index (χ2n) is 5.93. The average Bonchev–Trinajstić information content (AvgIpc) is 3.03. The number of aromatic nitrogens is 3. The Kier molecular flexibility index (Phi) is 4.05. The highest BCUT2D eigenvalue weighted by Gasteiger charge is 2.27. The lowest BCUT2D eigenvalue weighted by Crippen LogP contribution is -2.22. The first-order chi connectivity index (χ1) is 12.2. The van der Waals surface area contributed by atoms with E-state index in [0.717, 1.165) is 33.6 Å². The lowest BCUT2D eigenvalue weighted by atomic mass is 10.1. The van der Waals surface area contributed by atoms with Crippen molar-refractivity contribution >= 4 is 17.5 Å². The highest BCUT2D eigenvalue weighted by atomic mass is 32.2. The van der Waals surface area contributed by atoms with Gasteiger partial charge in [0.1, 0.15) is 5.75 Å². The largest absolute Gasteiger partial charge is 0.496 e. The fourth-order valence-electron chi connectivity index (χ4n) is 2.93. The van der Waals surface area contributed by atoms with Crippen molar-refractivity contribution in [3.63, 3.8) is 0 Å². The van der Waals surface area contributed by atoms with Gasteiger partial charge in [-0.25, -0.2) is 0 Å². The van der Waals surface area contributed by atoms with Gasteiger partial charge in [0.2, 0.25) is 5.16 Å². The highest BCUT2D eigenvalue weighted by molar-refractivity contribution is 8.00. The third-order valence-corrected chi connectivity index (χ3v) is 5.19. The normalized spacial score (nSPS) is 16.3. The molecule has 0 unspecified atom stereocenters. The van der Waals surface area contributed by atoms with Crippen molar-refractivity contribution in [3.8, 4) is 17.1 Å². The van der Waals surface area contributed by atoms with Crippen LogP contribution in [0.3, 0.4) is 0 Å². The number of hydrogen-bond acceptors (Lipinski definition) is 5. The molecule has 0 saturated carbocycles. The third kappa shape index (κ3) is 2.82. The highest BCUT2D eigenvalue weighted by Crippen LogP contribution is 2.34. The summed E-state index contributed by atoms with van der Waals surface area (Å²) in [5, 5.41) is 14.5. The summed E-state index contributed by atoms with van der Waals surface area (Å²) in [5.74, 6) is 1.58. The Hall–Kier alpha value is -2.60. The predicted molar refractivity (Wildman–Crippen MR) is 100 cm³/mol. The van der Waals surface area contributed by atoms with Gasteiger partial charge in [0.15, 0.2) is 5.82 Å². The predicted octanol–water partition coefficient (Wildman–Crippen LogP) is 4.01. The SMILES string of the molecule is COc1ccccc1C1=Nn2c(nnc2-c2cccc(C)c2)S[C@@H]1C. The first-order valence-corrected chi connectivity index (χ1v) is 8.96. The van der Waals surface area contributed by atoms with E-state index >= 15 is 0 Å². The number of methoxy groups -OCH3 is 1. The molecule has 1 atom stereocenters. The maximum absolute atomic E-state index is 5.52. The zero-order valence-electron chi connectivity index (χ0n) is 14.3. The van der Waals surface area contributed by atoms with E-state index in [9.17, 15) is 0 Å². The lowest BCUT2D eigenvalue weighted by Gasteiger charge is -2.21. The van der Waals surface area contributed by atoms with Crippen LogP contribution in [0.4, 0.5) is 0 Å². The number of rotatable bonds is 3. The van der Waals surface area contributed by atoms with E-state index in [1.165, 1.54) is 5.56 Å².